The average Bonchev–Trinajstić information content (AvgIpc) is 2.38. The summed E-state index contributed by atoms with van der Waals surface area (Å²) < 4.78 is 0. The Hall–Kier alpha value is -2.16. The minimum atomic E-state index is -0.845. The average molecular weight is 232 g/mol. The second-order valence-electron chi connectivity index (χ2n) is 3.21. The van der Waals surface area contributed by atoms with Gasteiger partial charge in [-0.05, 0) is 19.9 Å². The van der Waals surface area contributed by atoms with Gasteiger partial charge in [0, 0.05) is 11.1 Å². The molecule has 0 atom stereocenters. The van der Waals surface area contributed by atoms with Gasteiger partial charge in [0.15, 0.2) is 5.78 Å². The first kappa shape index (κ1) is 14.8. The summed E-state index contributed by atoms with van der Waals surface area (Å²) in [6, 6.07) is 9.07. The van der Waals surface area contributed by atoms with Gasteiger partial charge in [-0.3, -0.25) is 4.79 Å². The van der Waals surface area contributed by atoms with Crippen LogP contribution in [0.4, 0.5) is 0 Å². The Labute approximate surface area is 101 Å². The van der Waals surface area contributed by atoms with Crippen LogP contribution >= 0.6 is 0 Å². The van der Waals surface area contributed by atoms with E-state index in [4.69, 9.17) is 5.11 Å². The first-order valence-electron chi connectivity index (χ1n) is 5.11. The molecular formula is C14H16O3. The number of rotatable bonds is 3. The highest BCUT2D eigenvalue weighted by molar-refractivity contribution is 6.04. The van der Waals surface area contributed by atoms with Crippen molar-refractivity contribution < 1.29 is 14.7 Å². The summed E-state index contributed by atoms with van der Waals surface area (Å²) in [7, 11) is 0. The van der Waals surface area contributed by atoms with E-state index >= 15 is 0 Å². The molecule has 1 rings (SSSR count). The Morgan fingerprint density at radius 2 is 1.76 bits per heavy atom. The number of hydrogen-bond acceptors (Lipinski definition) is 2. The highest BCUT2D eigenvalue weighted by Crippen LogP contribution is 1.99. The number of carboxylic acid groups (broad SMARTS) is 1. The van der Waals surface area contributed by atoms with Gasteiger partial charge in [-0.1, -0.05) is 43.0 Å². The molecule has 0 spiro atoms. The molecule has 0 saturated heterocycles. The summed E-state index contributed by atoms with van der Waals surface area (Å²) >= 11 is 0. The van der Waals surface area contributed by atoms with Gasteiger partial charge in [0.2, 0.25) is 0 Å². The van der Waals surface area contributed by atoms with Crippen LogP contribution in [0.15, 0.2) is 54.6 Å². The zero-order chi connectivity index (χ0) is 13.3. The lowest BCUT2D eigenvalue weighted by molar-refractivity contribution is -0.132. The smallest absolute Gasteiger partial charge is 0.330 e. The molecule has 3 nitrogen and oxygen atoms in total. The van der Waals surface area contributed by atoms with E-state index in [2.05, 4.69) is 6.58 Å². The van der Waals surface area contributed by atoms with Gasteiger partial charge < -0.3 is 5.11 Å². The summed E-state index contributed by atoms with van der Waals surface area (Å²) in [6.45, 7) is 6.64. The van der Waals surface area contributed by atoms with Crippen molar-refractivity contribution in [1.82, 2.24) is 0 Å². The van der Waals surface area contributed by atoms with E-state index in [-0.39, 0.29) is 5.78 Å². The number of ketones is 1. The first-order valence-corrected chi connectivity index (χ1v) is 5.11. The molecule has 0 aliphatic rings. The minimum Gasteiger partial charge on any atom is -0.478 e. The Kier molecular flexibility index (Phi) is 7.02. The second-order valence-corrected chi connectivity index (χ2v) is 3.21. The molecule has 0 saturated carbocycles. The number of aliphatic carboxylic acids is 1. The summed E-state index contributed by atoms with van der Waals surface area (Å²) in [6.07, 6.45) is 2.87. The fourth-order valence-corrected chi connectivity index (χ4v) is 0.844. The summed E-state index contributed by atoms with van der Waals surface area (Å²) in [5.41, 5.74) is 1.08. The molecule has 0 aromatic heterocycles. The van der Waals surface area contributed by atoms with Crippen LogP contribution in [0.25, 0.3) is 0 Å². The van der Waals surface area contributed by atoms with Gasteiger partial charge in [0.05, 0.1) is 0 Å². The molecule has 0 unspecified atom stereocenters. The normalized spacial score (nSPS) is 9.88. The molecule has 3 heteroatoms. The van der Waals surface area contributed by atoms with Gasteiger partial charge in [-0.15, -0.1) is 0 Å². The SMILES string of the molecule is C=CC(=O)c1ccccc1.CC=C(C)C(=O)O. The van der Waals surface area contributed by atoms with Crippen LogP contribution in [-0.4, -0.2) is 16.9 Å². The predicted molar refractivity (Wildman–Crippen MR) is 68.0 cm³/mol. The molecule has 0 aliphatic heterocycles. The van der Waals surface area contributed by atoms with E-state index in [0.29, 0.717) is 11.1 Å². The number of carbonyl (C=O) groups excluding carboxylic acids is 1. The molecule has 17 heavy (non-hydrogen) atoms. The molecule has 0 amide bonds. The molecule has 0 aliphatic carbocycles. The Balaban J connectivity index is 0.000000325. The van der Waals surface area contributed by atoms with Gasteiger partial charge in [0.25, 0.3) is 0 Å². The number of benzene rings is 1. The van der Waals surface area contributed by atoms with Crippen molar-refractivity contribution in [3.63, 3.8) is 0 Å². The van der Waals surface area contributed by atoms with Crippen molar-refractivity contribution in [3.8, 4) is 0 Å². The lowest BCUT2D eigenvalue weighted by atomic mass is 10.1. The zero-order valence-electron chi connectivity index (χ0n) is 10.0. The van der Waals surface area contributed by atoms with E-state index in [0.717, 1.165) is 0 Å². The van der Waals surface area contributed by atoms with E-state index in [1.54, 1.807) is 32.1 Å². The maximum absolute atomic E-state index is 10.9. The Morgan fingerprint density at radius 1 is 1.24 bits per heavy atom. The fourth-order valence-electron chi connectivity index (χ4n) is 0.844. The van der Waals surface area contributed by atoms with Crippen LogP contribution in [-0.2, 0) is 4.79 Å². The van der Waals surface area contributed by atoms with E-state index in [9.17, 15) is 9.59 Å². The largest absolute Gasteiger partial charge is 0.478 e. The summed E-state index contributed by atoms with van der Waals surface area (Å²) in [5.74, 6) is -0.872. The highest BCUT2D eigenvalue weighted by atomic mass is 16.4. The Morgan fingerprint density at radius 3 is 2.06 bits per heavy atom. The van der Waals surface area contributed by atoms with Crippen molar-refractivity contribution >= 4 is 11.8 Å². The summed E-state index contributed by atoms with van der Waals surface area (Å²) in [5, 5.41) is 8.11. The van der Waals surface area contributed by atoms with E-state index < -0.39 is 5.97 Å². The van der Waals surface area contributed by atoms with Gasteiger partial charge in [-0.25, -0.2) is 4.79 Å². The maximum atomic E-state index is 10.9. The van der Waals surface area contributed by atoms with E-state index in [1.165, 1.54) is 6.08 Å². The number of carboxylic acids is 1. The molecular weight excluding hydrogens is 216 g/mol. The molecule has 0 radical (unpaired) electrons. The third-order valence-electron chi connectivity index (χ3n) is 2.01. The van der Waals surface area contributed by atoms with Crippen LogP contribution in [0, 0.1) is 0 Å². The molecule has 1 aromatic rings. The first-order chi connectivity index (χ1) is 8.02. The topological polar surface area (TPSA) is 54.4 Å². The zero-order valence-corrected chi connectivity index (χ0v) is 10.0. The fraction of sp³-hybridized carbons (Fsp3) is 0.143. The van der Waals surface area contributed by atoms with Gasteiger partial charge in [-0.2, -0.15) is 0 Å². The van der Waals surface area contributed by atoms with Gasteiger partial charge in [0.1, 0.15) is 0 Å². The van der Waals surface area contributed by atoms with E-state index in [1.807, 2.05) is 18.2 Å². The van der Waals surface area contributed by atoms with Crippen LogP contribution in [0.3, 0.4) is 0 Å². The lowest BCUT2D eigenvalue weighted by Gasteiger charge is -1.90. The third-order valence-corrected chi connectivity index (χ3v) is 2.01. The van der Waals surface area contributed by atoms with Crippen molar-refractivity contribution in [2.24, 2.45) is 0 Å². The molecule has 0 fully saturated rings. The quantitative estimate of drug-likeness (QED) is 0.643. The number of hydrogen-bond donors (Lipinski definition) is 1. The van der Waals surface area contributed by atoms with Crippen molar-refractivity contribution in [2.45, 2.75) is 13.8 Å². The van der Waals surface area contributed by atoms with Gasteiger partial charge >= 0.3 is 5.97 Å². The number of allylic oxidation sites excluding steroid dienone is 2. The minimum absolute atomic E-state index is 0.0272. The van der Waals surface area contributed by atoms with Crippen molar-refractivity contribution in [1.29, 1.82) is 0 Å². The molecule has 0 bridgehead atoms. The lowest BCUT2D eigenvalue weighted by Crippen LogP contribution is -1.93. The monoisotopic (exact) mass is 232 g/mol. The van der Waals surface area contributed by atoms with Crippen LogP contribution in [0.2, 0.25) is 0 Å². The van der Waals surface area contributed by atoms with Crippen LogP contribution in [0.1, 0.15) is 24.2 Å². The maximum Gasteiger partial charge on any atom is 0.330 e. The van der Waals surface area contributed by atoms with Crippen molar-refractivity contribution in [2.75, 3.05) is 0 Å². The summed E-state index contributed by atoms with van der Waals surface area (Å²) in [4.78, 5) is 20.8. The Bertz CT molecular complexity index is 416. The third kappa shape index (κ3) is 6.10. The molecule has 90 valence electrons. The molecule has 1 N–H and O–H groups in total. The predicted octanol–water partition coefficient (Wildman–Crippen LogP) is 3.09. The highest BCUT2D eigenvalue weighted by Gasteiger charge is 1.95. The van der Waals surface area contributed by atoms with Crippen LogP contribution < -0.4 is 0 Å². The second kappa shape index (κ2) is 8.05. The van der Waals surface area contributed by atoms with Crippen molar-refractivity contribution in [3.05, 3.63) is 60.2 Å². The standard InChI is InChI=1S/C9H8O.C5H8O2/c1-2-9(10)8-6-4-3-5-7-8;1-3-4(2)5(6)7/h2-7H,1H2;3H,1-2H3,(H,6,7). The van der Waals surface area contributed by atoms with Crippen LogP contribution in [0.5, 0.6) is 0 Å². The molecule has 1 aromatic carbocycles. The number of carbonyl (C=O) groups is 2. The molecule has 0 heterocycles.